The van der Waals surface area contributed by atoms with Gasteiger partial charge in [0.1, 0.15) is 10.6 Å². The lowest BCUT2D eigenvalue weighted by molar-refractivity contribution is -0.116. The van der Waals surface area contributed by atoms with Crippen molar-refractivity contribution in [2.45, 2.75) is 22.1 Å². The third kappa shape index (κ3) is 3.89. The topological polar surface area (TPSA) is 100 Å². The smallest absolute Gasteiger partial charge is 0.225 e. The molecule has 3 aromatic rings. The third-order valence-corrected chi connectivity index (χ3v) is 8.56. The molecule has 1 N–H and O–H groups in total. The number of thiophene rings is 1. The van der Waals surface area contributed by atoms with Crippen LogP contribution in [0.15, 0.2) is 51.6 Å². The number of rotatable bonds is 7. The van der Waals surface area contributed by atoms with Crippen molar-refractivity contribution >= 4 is 32.8 Å². The van der Waals surface area contributed by atoms with Gasteiger partial charge in [-0.1, -0.05) is 6.07 Å². The van der Waals surface area contributed by atoms with Crippen molar-refractivity contribution in [2.24, 2.45) is 0 Å². The normalized spacial score (nSPS) is 15.4. The number of anilines is 1. The largest absolute Gasteiger partial charge is 0.497 e. The Morgan fingerprint density at radius 1 is 0.909 bits per heavy atom. The van der Waals surface area contributed by atoms with E-state index in [9.17, 15) is 13.2 Å². The van der Waals surface area contributed by atoms with Crippen LogP contribution in [0.25, 0.3) is 0 Å². The van der Waals surface area contributed by atoms with Crippen LogP contribution in [0, 0.1) is 0 Å². The van der Waals surface area contributed by atoms with Gasteiger partial charge in [-0.15, -0.1) is 11.3 Å². The lowest BCUT2D eigenvalue weighted by Crippen LogP contribution is -2.23. The van der Waals surface area contributed by atoms with Gasteiger partial charge in [-0.05, 0) is 30.3 Å². The summed E-state index contributed by atoms with van der Waals surface area (Å²) in [6.45, 7) is 0. The maximum absolute atomic E-state index is 13.4. The number of carbonyl (C=O) groups excluding carboxylic acids is 1. The van der Waals surface area contributed by atoms with Crippen LogP contribution in [0.2, 0.25) is 0 Å². The number of ether oxygens (including phenoxy) is 4. The van der Waals surface area contributed by atoms with E-state index in [1.807, 2.05) is 6.07 Å². The summed E-state index contributed by atoms with van der Waals surface area (Å²) in [5.74, 6) is 1.20. The number of sulfone groups is 1. The van der Waals surface area contributed by atoms with Crippen molar-refractivity contribution in [1.29, 1.82) is 0 Å². The SMILES string of the molecule is COc1ccc(S(=O)(=O)c2csc3c2NC(=O)CC3c2ccc(OC)c(OC)c2OC)cc1. The molecule has 0 saturated heterocycles. The Balaban J connectivity index is 1.84. The second-order valence-corrected chi connectivity index (χ2v) is 10.1. The number of nitrogens with one attached hydrogen (secondary N) is 1. The van der Waals surface area contributed by atoms with Crippen LogP contribution in [0.3, 0.4) is 0 Å². The number of hydrogen-bond acceptors (Lipinski definition) is 8. The number of hydrogen-bond donors (Lipinski definition) is 1. The predicted octanol–water partition coefficient (Wildman–Crippen LogP) is 4.09. The molecule has 4 rings (SSSR count). The summed E-state index contributed by atoms with van der Waals surface area (Å²) in [5, 5.41) is 4.33. The highest BCUT2D eigenvalue weighted by molar-refractivity contribution is 7.91. The van der Waals surface area contributed by atoms with Crippen molar-refractivity contribution in [3.63, 3.8) is 0 Å². The van der Waals surface area contributed by atoms with Gasteiger partial charge in [0, 0.05) is 28.2 Å². The Labute approximate surface area is 196 Å². The van der Waals surface area contributed by atoms with Crippen molar-refractivity contribution in [3.8, 4) is 23.0 Å². The second kappa shape index (κ2) is 8.95. The van der Waals surface area contributed by atoms with Gasteiger partial charge in [0.2, 0.25) is 21.5 Å². The standard InChI is InChI=1S/C23H23NO7S2/c1-28-13-5-7-14(8-6-13)33(26,27)18-12-32-23-16(11-19(25)24-20(18)23)15-9-10-17(29-2)22(31-4)21(15)30-3/h5-10,12,16H,11H2,1-4H3,(H,24,25). The van der Waals surface area contributed by atoms with Crippen LogP contribution in [-0.2, 0) is 14.6 Å². The molecule has 1 atom stereocenters. The van der Waals surface area contributed by atoms with Crippen LogP contribution >= 0.6 is 11.3 Å². The van der Waals surface area contributed by atoms with Crippen LogP contribution in [0.5, 0.6) is 23.0 Å². The summed E-state index contributed by atoms with van der Waals surface area (Å²) in [7, 11) is 2.19. The van der Waals surface area contributed by atoms with Gasteiger partial charge in [0.25, 0.3) is 0 Å². The van der Waals surface area contributed by atoms with E-state index < -0.39 is 15.8 Å². The Morgan fingerprint density at radius 2 is 1.61 bits per heavy atom. The van der Waals surface area contributed by atoms with E-state index in [0.717, 1.165) is 4.88 Å². The van der Waals surface area contributed by atoms with Crippen LogP contribution < -0.4 is 24.3 Å². The van der Waals surface area contributed by atoms with Crippen molar-refractivity contribution in [2.75, 3.05) is 33.8 Å². The molecule has 1 unspecified atom stereocenters. The van der Waals surface area contributed by atoms with E-state index in [1.165, 1.54) is 51.9 Å². The maximum atomic E-state index is 13.4. The molecule has 33 heavy (non-hydrogen) atoms. The first-order valence-electron chi connectivity index (χ1n) is 9.94. The average molecular weight is 490 g/mol. The number of benzene rings is 2. The summed E-state index contributed by atoms with van der Waals surface area (Å²) in [6, 6.07) is 9.69. The van der Waals surface area contributed by atoms with E-state index in [0.29, 0.717) is 34.2 Å². The monoisotopic (exact) mass is 489 g/mol. The molecule has 8 nitrogen and oxygen atoms in total. The molecule has 0 bridgehead atoms. The molecule has 1 amide bonds. The lowest BCUT2D eigenvalue weighted by Gasteiger charge is -2.26. The molecule has 0 saturated carbocycles. The molecule has 10 heteroatoms. The zero-order valence-corrected chi connectivity index (χ0v) is 20.1. The number of carbonyl (C=O) groups is 1. The summed E-state index contributed by atoms with van der Waals surface area (Å²) in [6.07, 6.45) is 0.140. The van der Waals surface area contributed by atoms with E-state index in [2.05, 4.69) is 5.32 Å². The molecule has 1 aliphatic heterocycles. The summed E-state index contributed by atoms with van der Waals surface area (Å²) >= 11 is 1.28. The van der Waals surface area contributed by atoms with Crippen molar-refractivity contribution in [1.82, 2.24) is 0 Å². The number of fused-ring (bicyclic) bond motifs is 1. The molecule has 0 radical (unpaired) electrons. The first kappa shape index (κ1) is 22.9. The second-order valence-electron chi connectivity index (χ2n) is 7.25. The fourth-order valence-corrected chi connectivity index (χ4v) is 6.83. The first-order valence-corrected chi connectivity index (χ1v) is 12.3. The van der Waals surface area contributed by atoms with Gasteiger partial charge in [0.15, 0.2) is 11.5 Å². The fraction of sp³-hybridized carbons (Fsp3) is 0.261. The van der Waals surface area contributed by atoms with Gasteiger partial charge in [-0.25, -0.2) is 8.42 Å². The Hall–Kier alpha value is -3.24. The summed E-state index contributed by atoms with van der Waals surface area (Å²) < 4.78 is 48.3. The maximum Gasteiger partial charge on any atom is 0.225 e. The fourth-order valence-electron chi connectivity index (χ4n) is 3.93. The minimum Gasteiger partial charge on any atom is -0.497 e. The Morgan fingerprint density at radius 3 is 2.21 bits per heavy atom. The highest BCUT2D eigenvalue weighted by atomic mass is 32.2. The molecular weight excluding hydrogens is 466 g/mol. The van der Waals surface area contributed by atoms with Gasteiger partial charge in [-0.3, -0.25) is 4.79 Å². The highest BCUT2D eigenvalue weighted by Crippen LogP contribution is 2.51. The molecule has 0 spiro atoms. The summed E-state index contributed by atoms with van der Waals surface area (Å²) in [5.41, 5.74) is 1.01. The third-order valence-electron chi connectivity index (χ3n) is 5.53. The molecule has 2 heterocycles. The zero-order valence-electron chi connectivity index (χ0n) is 18.5. The molecule has 1 aromatic heterocycles. The van der Waals surface area contributed by atoms with Gasteiger partial charge in [0.05, 0.1) is 39.0 Å². The van der Waals surface area contributed by atoms with E-state index in [1.54, 1.807) is 23.6 Å². The number of methoxy groups -OCH3 is 4. The average Bonchev–Trinajstić information content (AvgIpc) is 3.27. The van der Waals surface area contributed by atoms with Crippen LogP contribution in [0.4, 0.5) is 5.69 Å². The minimum atomic E-state index is -3.87. The molecule has 2 aromatic carbocycles. The molecule has 174 valence electrons. The highest BCUT2D eigenvalue weighted by Gasteiger charge is 2.36. The van der Waals surface area contributed by atoms with Crippen molar-refractivity contribution in [3.05, 3.63) is 52.2 Å². The van der Waals surface area contributed by atoms with Gasteiger partial charge < -0.3 is 24.3 Å². The molecule has 0 aliphatic carbocycles. The quantitative estimate of drug-likeness (QED) is 0.534. The Bertz CT molecular complexity index is 1300. The first-order chi connectivity index (χ1) is 15.8. The molecule has 0 fully saturated rings. The minimum absolute atomic E-state index is 0.0603. The van der Waals surface area contributed by atoms with Crippen molar-refractivity contribution < 1.29 is 32.2 Å². The summed E-state index contributed by atoms with van der Waals surface area (Å²) in [4.78, 5) is 13.6. The predicted molar refractivity (Wildman–Crippen MR) is 124 cm³/mol. The van der Waals surface area contributed by atoms with Gasteiger partial charge >= 0.3 is 0 Å². The Kier molecular flexibility index (Phi) is 6.22. The van der Waals surface area contributed by atoms with Crippen LogP contribution in [0.1, 0.15) is 22.8 Å². The van der Waals surface area contributed by atoms with Crippen LogP contribution in [-0.4, -0.2) is 42.8 Å². The van der Waals surface area contributed by atoms with Gasteiger partial charge in [-0.2, -0.15) is 0 Å². The molecule has 1 aliphatic rings. The van der Waals surface area contributed by atoms with E-state index in [-0.39, 0.29) is 22.1 Å². The molecular formula is C23H23NO7S2. The van der Waals surface area contributed by atoms with E-state index >= 15 is 0 Å². The number of amides is 1. The van der Waals surface area contributed by atoms with E-state index in [4.69, 9.17) is 18.9 Å². The zero-order chi connectivity index (χ0) is 23.8. The lowest BCUT2D eigenvalue weighted by atomic mass is 9.89.